The zero-order chi connectivity index (χ0) is 20.9. The summed E-state index contributed by atoms with van der Waals surface area (Å²) in [6.07, 6.45) is 8.06. The number of anilines is 1. The summed E-state index contributed by atoms with van der Waals surface area (Å²) in [5, 5.41) is 13.0. The lowest BCUT2D eigenvalue weighted by Gasteiger charge is -2.28. The van der Waals surface area contributed by atoms with Crippen molar-refractivity contribution in [2.45, 2.75) is 81.3 Å². The van der Waals surface area contributed by atoms with E-state index >= 15 is 0 Å². The van der Waals surface area contributed by atoms with Gasteiger partial charge < -0.3 is 10.2 Å². The lowest BCUT2D eigenvalue weighted by molar-refractivity contribution is -0.121. The maximum atomic E-state index is 13.0. The minimum Gasteiger partial charge on any atom is -0.348 e. The molecule has 0 spiro atoms. The SMILES string of the molecule is CCCC(NC(=O)C(C)Sc1nnc(N2CCCCC2)n1C1CC1)c1ccccc1. The number of hydrogen-bond acceptors (Lipinski definition) is 5. The summed E-state index contributed by atoms with van der Waals surface area (Å²) < 4.78 is 2.29. The van der Waals surface area contributed by atoms with Crippen LogP contribution in [0.2, 0.25) is 0 Å². The van der Waals surface area contributed by atoms with Gasteiger partial charge in [0.25, 0.3) is 0 Å². The monoisotopic (exact) mass is 427 g/mol. The molecule has 7 heteroatoms. The van der Waals surface area contributed by atoms with E-state index in [4.69, 9.17) is 0 Å². The number of nitrogens with zero attached hydrogens (tertiary/aromatic N) is 4. The van der Waals surface area contributed by atoms with E-state index in [1.54, 1.807) is 0 Å². The molecule has 1 N–H and O–H groups in total. The van der Waals surface area contributed by atoms with E-state index in [0.717, 1.165) is 37.0 Å². The highest BCUT2D eigenvalue weighted by molar-refractivity contribution is 8.00. The highest BCUT2D eigenvalue weighted by atomic mass is 32.2. The number of thioether (sulfide) groups is 1. The number of carbonyl (C=O) groups is 1. The van der Waals surface area contributed by atoms with E-state index in [0.29, 0.717) is 6.04 Å². The van der Waals surface area contributed by atoms with E-state index in [-0.39, 0.29) is 17.2 Å². The second-order valence-electron chi connectivity index (χ2n) is 8.45. The molecule has 2 atom stereocenters. The minimum absolute atomic E-state index is 0.0527. The van der Waals surface area contributed by atoms with Gasteiger partial charge in [-0.3, -0.25) is 9.36 Å². The van der Waals surface area contributed by atoms with E-state index < -0.39 is 0 Å². The Kier molecular flexibility index (Phi) is 6.97. The number of aromatic nitrogens is 3. The maximum Gasteiger partial charge on any atom is 0.233 e. The second-order valence-corrected chi connectivity index (χ2v) is 9.76. The molecule has 2 aliphatic rings. The summed E-state index contributed by atoms with van der Waals surface area (Å²) in [6, 6.07) is 10.8. The van der Waals surface area contributed by atoms with E-state index in [1.165, 1.54) is 49.4 Å². The Balaban J connectivity index is 1.44. The summed E-state index contributed by atoms with van der Waals surface area (Å²) in [7, 11) is 0. The maximum absolute atomic E-state index is 13.0. The molecule has 1 aliphatic heterocycles. The van der Waals surface area contributed by atoms with Crippen molar-refractivity contribution in [3.63, 3.8) is 0 Å². The van der Waals surface area contributed by atoms with Crippen LogP contribution in [0.25, 0.3) is 0 Å². The third kappa shape index (κ3) is 4.99. The molecule has 2 fully saturated rings. The van der Waals surface area contributed by atoms with E-state index in [2.05, 4.69) is 44.0 Å². The molecule has 162 valence electrons. The normalized spacial score (nSPS) is 18.8. The first kappa shape index (κ1) is 21.2. The van der Waals surface area contributed by atoms with Gasteiger partial charge in [0, 0.05) is 19.1 Å². The van der Waals surface area contributed by atoms with Gasteiger partial charge in [0.15, 0.2) is 5.16 Å². The zero-order valence-electron chi connectivity index (χ0n) is 18.1. The second kappa shape index (κ2) is 9.86. The molecule has 1 aliphatic carbocycles. The van der Waals surface area contributed by atoms with Crippen LogP contribution >= 0.6 is 11.8 Å². The lowest BCUT2D eigenvalue weighted by Crippen LogP contribution is -2.34. The first-order chi connectivity index (χ1) is 14.7. The van der Waals surface area contributed by atoms with Crippen molar-refractivity contribution in [1.82, 2.24) is 20.1 Å². The van der Waals surface area contributed by atoms with E-state index in [1.807, 2.05) is 25.1 Å². The molecule has 6 nitrogen and oxygen atoms in total. The predicted molar refractivity (Wildman–Crippen MR) is 122 cm³/mol. The van der Waals surface area contributed by atoms with Crippen molar-refractivity contribution in [2.24, 2.45) is 0 Å². The number of rotatable bonds is 9. The molecular formula is C23H33N5OS. The molecule has 30 heavy (non-hydrogen) atoms. The largest absolute Gasteiger partial charge is 0.348 e. The fourth-order valence-corrected chi connectivity index (χ4v) is 5.03. The smallest absolute Gasteiger partial charge is 0.233 e. The molecule has 2 unspecified atom stereocenters. The number of amides is 1. The number of hydrogen-bond donors (Lipinski definition) is 1. The van der Waals surface area contributed by atoms with Crippen molar-refractivity contribution in [3.05, 3.63) is 35.9 Å². The van der Waals surface area contributed by atoms with Gasteiger partial charge in [-0.1, -0.05) is 55.4 Å². The quantitative estimate of drug-likeness (QED) is 0.586. The van der Waals surface area contributed by atoms with Crippen molar-refractivity contribution in [3.8, 4) is 0 Å². The first-order valence-electron chi connectivity index (χ1n) is 11.4. The average molecular weight is 428 g/mol. The fraction of sp³-hybridized carbons (Fsp3) is 0.609. The van der Waals surface area contributed by atoms with Crippen LogP contribution in [0.1, 0.15) is 76.4 Å². The van der Waals surface area contributed by atoms with Gasteiger partial charge in [0.1, 0.15) is 0 Å². The molecule has 1 amide bonds. The Morgan fingerprint density at radius 2 is 1.90 bits per heavy atom. The van der Waals surface area contributed by atoms with Gasteiger partial charge in [-0.2, -0.15) is 0 Å². The lowest BCUT2D eigenvalue weighted by atomic mass is 10.0. The van der Waals surface area contributed by atoms with E-state index in [9.17, 15) is 4.79 Å². The average Bonchev–Trinajstić information content (AvgIpc) is 3.54. The van der Waals surface area contributed by atoms with Gasteiger partial charge in [0.05, 0.1) is 11.3 Å². The first-order valence-corrected chi connectivity index (χ1v) is 12.3. The Morgan fingerprint density at radius 1 is 1.17 bits per heavy atom. The Bertz CT molecular complexity index is 829. The number of carbonyl (C=O) groups excluding carboxylic acids is 1. The van der Waals surface area contributed by atoms with Gasteiger partial charge in [-0.25, -0.2) is 0 Å². The van der Waals surface area contributed by atoms with Gasteiger partial charge in [-0.05, 0) is 51.0 Å². The number of nitrogens with one attached hydrogen (secondary N) is 1. The minimum atomic E-state index is -0.219. The molecule has 1 aromatic carbocycles. The topological polar surface area (TPSA) is 63.1 Å². The summed E-state index contributed by atoms with van der Waals surface area (Å²) in [4.78, 5) is 15.4. The van der Waals surface area contributed by atoms with Crippen LogP contribution in [0.15, 0.2) is 35.5 Å². The van der Waals surface area contributed by atoms with Crippen LogP contribution in [-0.4, -0.2) is 39.0 Å². The summed E-state index contributed by atoms with van der Waals surface area (Å²) in [5.74, 6) is 1.06. The van der Waals surface area contributed by atoms with Crippen molar-refractivity contribution in [1.29, 1.82) is 0 Å². The molecule has 0 bridgehead atoms. The summed E-state index contributed by atoms with van der Waals surface area (Å²) in [6.45, 7) is 6.24. The van der Waals surface area contributed by atoms with Crippen LogP contribution in [0.3, 0.4) is 0 Å². The van der Waals surface area contributed by atoms with Crippen molar-refractivity contribution >= 4 is 23.6 Å². The highest BCUT2D eigenvalue weighted by Gasteiger charge is 2.33. The van der Waals surface area contributed by atoms with Crippen LogP contribution in [0.5, 0.6) is 0 Å². The van der Waals surface area contributed by atoms with Crippen LogP contribution in [0, 0.1) is 0 Å². The Labute approximate surface area is 183 Å². The van der Waals surface area contributed by atoms with Crippen LogP contribution < -0.4 is 10.2 Å². The molecule has 2 heterocycles. The highest BCUT2D eigenvalue weighted by Crippen LogP contribution is 2.42. The van der Waals surface area contributed by atoms with Crippen LogP contribution in [-0.2, 0) is 4.79 Å². The molecule has 2 aromatic rings. The summed E-state index contributed by atoms with van der Waals surface area (Å²) >= 11 is 1.54. The molecule has 1 saturated heterocycles. The summed E-state index contributed by atoms with van der Waals surface area (Å²) in [5.41, 5.74) is 1.17. The molecular weight excluding hydrogens is 394 g/mol. The fourth-order valence-electron chi connectivity index (χ4n) is 4.11. The number of piperidine rings is 1. The third-order valence-corrected chi connectivity index (χ3v) is 7.00. The van der Waals surface area contributed by atoms with Gasteiger partial charge in [0.2, 0.25) is 11.9 Å². The van der Waals surface area contributed by atoms with Gasteiger partial charge >= 0.3 is 0 Å². The third-order valence-electron chi connectivity index (χ3n) is 5.94. The van der Waals surface area contributed by atoms with Crippen LogP contribution in [0.4, 0.5) is 5.95 Å². The molecule has 1 aromatic heterocycles. The van der Waals surface area contributed by atoms with Crippen molar-refractivity contribution in [2.75, 3.05) is 18.0 Å². The molecule has 0 radical (unpaired) electrons. The Morgan fingerprint density at radius 3 is 2.57 bits per heavy atom. The van der Waals surface area contributed by atoms with Crippen molar-refractivity contribution < 1.29 is 4.79 Å². The molecule has 4 rings (SSSR count). The predicted octanol–water partition coefficient (Wildman–Crippen LogP) is 4.74. The molecule has 1 saturated carbocycles. The zero-order valence-corrected chi connectivity index (χ0v) is 18.9. The number of benzene rings is 1. The standard InChI is InChI=1S/C23H33N5OS/c1-3-10-20(18-11-6-4-7-12-18)24-21(29)17(2)30-23-26-25-22(28(23)19-13-14-19)27-15-8-5-9-16-27/h4,6-7,11-12,17,19-20H,3,5,8-10,13-16H2,1-2H3,(H,24,29). The van der Waals surface area contributed by atoms with Gasteiger partial charge in [-0.15, -0.1) is 10.2 Å². The Hall–Kier alpha value is -2.02.